The van der Waals surface area contributed by atoms with Gasteiger partial charge >= 0.3 is 0 Å². The van der Waals surface area contributed by atoms with Crippen molar-refractivity contribution in [2.45, 2.75) is 0 Å². The molecule has 1 aromatic carbocycles. The van der Waals surface area contributed by atoms with Crippen molar-refractivity contribution in [3.63, 3.8) is 0 Å². The lowest BCUT2D eigenvalue weighted by Gasteiger charge is -2.13. The molecule has 1 aromatic heterocycles. The van der Waals surface area contributed by atoms with Crippen molar-refractivity contribution < 1.29 is 19.4 Å². The van der Waals surface area contributed by atoms with Crippen LogP contribution in [-0.2, 0) is 9.59 Å². The topological polar surface area (TPSA) is 82.6 Å². The maximum absolute atomic E-state index is 12.7. The predicted molar refractivity (Wildman–Crippen MR) is 96.8 cm³/mol. The van der Waals surface area contributed by atoms with Crippen LogP contribution in [-0.4, -0.2) is 27.8 Å². The first kappa shape index (κ1) is 17.1. The van der Waals surface area contributed by atoms with Gasteiger partial charge in [-0.15, -0.1) is 0 Å². The second-order valence-corrected chi connectivity index (χ2v) is 6.60. The standard InChI is InChI=1S/C17H12N2O4S2/c20-15(21)10-23-13-6-2-1-4-11(13)8-14-16(22)19(17(24)25-14)12-5-3-7-18-9-12/h1-9H,10H2,(H,20,21)/p-1. The highest BCUT2D eigenvalue weighted by atomic mass is 32.2. The summed E-state index contributed by atoms with van der Waals surface area (Å²) in [4.78, 5) is 29.1. The Morgan fingerprint density at radius 2 is 2.12 bits per heavy atom. The van der Waals surface area contributed by atoms with Gasteiger partial charge in [-0.1, -0.05) is 42.2 Å². The van der Waals surface area contributed by atoms with E-state index < -0.39 is 12.6 Å². The molecule has 0 radical (unpaired) electrons. The first-order valence-corrected chi connectivity index (χ1v) is 8.38. The molecule has 0 bridgehead atoms. The monoisotopic (exact) mass is 371 g/mol. The Hall–Kier alpha value is -2.71. The summed E-state index contributed by atoms with van der Waals surface area (Å²) >= 11 is 6.45. The van der Waals surface area contributed by atoms with Crippen molar-refractivity contribution >= 4 is 51.9 Å². The van der Waals surface area contributed by atoms with Gasteiger partial charge in [0.2, 0.25) is 0 Å². The summed E-state index contributed by atoms with van der Waals surface area (Å²) in [6.07, 6.45) is 4.80. The first-order valence-electron chi connectivity index (χ1n) is 7.16. The van der Waals surface area contributed by atoms with Crippen molar-refractivity contribution in [3.05, 3.63) is 59.3 Å². The molecule has 1 fully saturated rings. The SMILES string of the molecule is O=C([O-])COc1ccccc1C=C1SC(=S)N(c2cccnc2)C1=O. The average Bonchev–Trinajstić information content (AvgIpc) is 2.88. The van der Waals surface area contributed by atoms with Crippen LogP contribution < -0.4 is 14.7 Å². The number of aromatic nitrogens is 1. The van der Waals surface area contributed by atoms with Gasteiger partial charge < -0.3 is 14.6 Å². The number of amides is 1. The van der Waals surface area contributed by atoms with Crippen LogP contribution in [0.5, 0.6) is 5.75 Å². The van der Waals surface area contributed by atoms with Gasteiger partial charge in [0.25, 0.3) is 5.91 Å². The van der Waals surface area contributed by atoms with Gasteiger partial charge in [0.15, 0.2) is 4.32 Å². The van der Waals surface area contributed by atoms with Crippen LogP contribution in [0.1, 0.15) is 5.56 Å². The van der Waals surface area contributed by atoms with Crippen molar-refractivity contribution in [2.75, 3.05) is 11.5 Å². The number of carboxylic acid groups (broad SMARTS) is 1. The van der Waals surface area contributed by atoms with E-state index in [2.05, 4.69) is 4.98 Å². The molecule has 2 heterocycles. The molecule has 3 rings (SSSR count). The lowest BCUT2D eigenvalue weighted by atomic mass is 10.2. The molecule has 0 atom stereocenters. The number of aliphatic carboxylic acids is 1. The Labute approximate surface area is 153 Å². The number of benzene rings is 1. The number of hydrogen-bond donors (Lipinski definition) is 0. The molecule has 1 saturated heterocycles. The normalized spacial score (nSPS) is 15.7. The zero-order valence-corrected chi connectivity index (χ0v) is 14.4. The van der Waals surface area contributed by atoms with Crippen LogP contribution in [0, 0.1) is 0 Å². The molecular formula is C17H11N2O4S2-. The van der Waals surface area contributed by atoms with Crippen LogP contribution in [0.3, 0.4) is 0 Å². The highest BCUT2D eigenvalue weighted by molar-refractivity contribution is 8.27. The van der Waals surface area contributed by atoms with Crippen LogP contribution in [0.15, 0.2) is 53.7 Å². The van der Waals surface area contributed by atoms with E-state index in [9.17, 15) is 14.7 Å². The smallest absolute Gasteiger partial charge is 0.270 e. The predicted octanol–water partition coefficient (Wildman–Crippen LogP) is 1.62. The number of thiocarbonyl (C=S) groups is 1. The van der Waals surface area contributed by atoms with Gasteiger partial charge in [-0.25, -0.2) is 0 Å². The van der Waals surface area contributed by atoms with Crippen LogP contribution >= 0.6 is 24.0 Å². The molecule has 6 nitrogen and oxygen atoms in total. The van der Waals surface area contributed by atoms with E-state index in [1.54, 1.807) is 54.9 Å². The van der Waals surface area contributed by atoms with Crippen LogP contribution in [0.4, 0.5) is 5.69 Å². The van der Waals surface area contributed by atoms with E-state index >= 15 is 0 Å². The molecule has 0 N–H and O–H groups in total. The highest BCUT2D eigenvalue weighted by Gasteiger charge is 2.33. The molecule has 0 unspecified atom stereocenters. The van der Waals surface area contributed by atoms with Gasteiger partial charge in [-0.2, -0.15) is 0 Å². The summed E-state index contributed by atoms with van der Waals surface area (Å²) in [7, 11) is 0. The van der Waals surface area contributed by atoms with Crippen LogP contribution in [0.2, 0.25) is 0 Å². The second-order valence-electron chi connectivity index (χ2n) is 4.93. The molecule has 0 spiro atoms. The molecule has 0 aliphatic carbocycles. The molecule has 1 aliphatic rings. The zero-order chi connectivity index (χ0) is 17.8. The summed E-state index contributed by atoms with van der Waals surface area (Å²) in [6, 6.07) is 10.3. The fraction of sp³-hybridized carbons (Fsp3) is 0.0588. The average molecular weight is 371 g/mol. The van der Waals surface area contributed by atoms with E-state index in [1.807, 2.05) is 0 Å². The number of ether oxygens (including phenoxy) is 1. The van der Waals surface area contributed by atoms with E-state index in [-0.39, 0.29) is 5.91 Å². The van der Waals surface area contributed by atoms with Gasteiger partial charge in [0, 0.05) is 11.8 Å². The Bertz CT molecular complexity index is 868. The Morgan fingerprint density at radius 3 is 2.84 bits per heavy atom. The van der Waals surface area contributed by atoms with Gasteiger partial charge in [0.1, 0.15) is 12.4 Å². The van der Waals surface area contributed by atoms with E-state index in [0.717, 1.165) is 11.8 Å². The minimum absolute atomic E-state index is 0.266. The lowest BCUT2D eigenvalue weighted by molar-refractivity contribution is -0.307. The van der Waals surface area contributed by atoms with E-state index in [4.69, 9.17) is 17.0 Å². The number of carboxylic acids is 1. The number of nitrogens with zero attached hydrogens (tertiary/aromatic N) is 2. The minimum Gasteiger partial charge on any atom is -0.546 e. The van der Waals surface area contributed by atoms with E-state index in [0.29, 0.717) is 26.2 Å². The molecule has 0 saturated carbocycles. The number of pyridine rings is 1. The van der Waals surface area contributed by atoms with Crippen molar-refractivity contribution in [1.82, 2.24) is 4.98 Å². The van der Waals surface area contributed by atoms with Gasteiger partial charge in [-0.3, -0.25) is 14.7 Å². The fourth-order valence-corrected chi connectivity index (χ4v) is 3.48. The van der Waals surface area contributed by atoms with Crippen molar-refractivity contribution in [2.24, 2.45) is 0 Å². The number of para-hydroxylation sites is 1. The molecule has 126 valence electrons. The Balaban J connectivity index is 1.89. The summed E-state index contributed by atoms with van der Waals surface area (Å²) in [5.74, 6) is -1.24. The number of thioether (sulfide) groups is 1. The van der Waals surface area contributed by atoms with Gasteiger partial charge in [0.05, 0.1) is 22.8 Å². The second kappa shape index (κ2) is 7.45. The first-order chi connectivity index (χ1) is 12.1. The number of carbonyl (C=O) groups excluding carboxylic acids is 2. The zero-order valence-electron chi connectivity index (χ0n) is 12.7. The quantitative estimate of drug-likeness (QED) is 0.583. The van der Waals surface area contributed by atoms with Crippen molar-refractivity contribution in [3.8, 4) is 5.75 Å². The fourth-order valence-electron chi connectivity index (χ4n) is 2.19. The summed E-state index contributed by atoms with van der Waals surface area (Å²) < 4.78 is 5.60. The van der Waals surface area contributed by atoms with E-state index in [1.165, 1.54) is 4.90 Å². The maximum atomic E-state index is 12.7. The molecule has 1 amide bonds. The summed E-state index contributed by atoms with van der Waals surface area (Å²) in [6.45, 7) is -0.568. The van der Waals surface area contributed by atoms with Gasteiger partial charge in [-0.05, 0) is 24.3 Å². The third kappa shape index (κ3) is 3.86. The highest BCUT2D eigenvalue weighted by Crippen LogP contribution is 2.36. The van der Waals surface area contributed by atoms with Crippen molar-refractivity contribution in [1.29, 1.82) is 0 Å². The van der Waals surface area contributed by atoms with Crippen LogP contribution in [0.25, 0.3) is 6.08 Å². The Kier molecular flexibility index (Phi) is 5.11. The number of hydrogen-bond acceptors (Lipinski definition) is 7. The molecule has 2 aromatic rings. The molecule has 1 aliphatic heterocycles. The number of rotatable bonds is 5. The summed E-state index contributed by atoms with van der Waals surface area (Å²) in [5.41, 5.74) is 1.17. The minimum atomic E-state index is -1.32. The molecule has 25 heavy (non-hydrogen) atoms. The lowest BCUT2D eigenvalue weighted by Crippen LogP contribution is -2.29. The third-order valence-electron chi connectivity index (χ3n) is 3.25. The maximum Gasteiger partial charge on any atom is 0.270 e. The number of anilines is 1. The largest absolute Gasteiger partial charge is 0.546 e. The number of carbonyl (C=O) groups is 2. The summed E-state index contributed by atoms with van der Waals surface area (Å²) in [5, 5.41) is 10.6. The third-order valence-corrected chi connectivity index (χ3v) is 4.55. The molecular weight excluding hydrogens is 360 g/mol. The Morgan fingerprint density at radius 1 is 1.32 bits per heavy atom. The molecule has 8 heteroatoms.